The predicted molar refractivity (Wildman–Crippen MR) is 68.0 cm³/mol. The number of ether oxygens (including phenoxy) is 1. The van der Waals surface area contributed by atoms with Gasteiger partial charge in [0.25, 0.3) is 0 Å². The number of nitrogens with zero attached hydrogens (tertiary/aromatic N) is 1. The van der Waals surface area contributed by atoms with Gasteiger partial charge in [-0.05, 0) is 63.3 Å². The Bertz CT molecular complexity index is 252. The number of likely N-dealkylation sites (tertiary alicyclic amines) is 1. The topological polar surface area (TPSA) is 41.6 Å². The number of rotatable bonds is 1. The van der Waals surface area contributed by atoms with E-state index in [4.69, 9.17) is 4.74 Å². The summed E-state index contributed by atoms with van der Waals surface area (Å²) in [4.78, 5) is 13.7. The highest BCUT2D eigenvalue weighted by molar-refractivity contribution is 14.1. The van der Waals surface area contributed by atoms with E-state index in [1.165, 1.54) is 0 Å². The van der Waals surface area contributed by atoms with Crippen LogP contribution in [0.5, 0.6) is 0 Å². The molecule has 0 aliphatic carbocycles. The molecular weight excluding hydrogens is 307 g/mol. The van der Waals surface area contributed by atoms with Crippen LogP contribution in [0.4, 0.5) is 4.79 Å². The molecule has 0 aromatic carbocycles. The number of halogens is 1. The second-order valence-electron chi connectivity index (χ2n) is 4.74. The average molecular weight is 326 g/mol. The molecule has 4 nitrogen and oxygen atoms in total. The van der Waals surface area contributed by atoms with Gasteiger partial charge in [0.15, 0.2) is 0 Å². The van der Waals surface area contributed by atoms with Crippen LogP contribution in [0.2, 0.25) is 0 Å². The minimum absolute atomic E-state index is 0.233. The largest absolute Gasteiger partial charge is 0.444 e. The first kappa shape index (κ1) is 13.0. The lowest BCUT2D eigenvalue weighted by Crippen LogP contribution is -2.52. The Morgan fingerprint density at radius 1 is 1.53 bits per heavy atom. The molecule has 0 saturated carbocycles. The van der Waals surface area contributed by atoms with Crippen LogP contribution in [0.1, 0.15) is 33.6 Å². The van der Waals surface area contributed by atoms with E-state index in [1.54, 1.807) is 4.90 Å². The minimum Gasteiger partial charge on any atom is -0.444 e. The molecule has 0 radical (unpaired) electrons. The third kappa shape index (κ3) is 3.21. The van der Waals surface area contributed by atoms with Gasteiger partial charge in [-0.1, -0.05) is 0 Å². The molecule has 88 valence electrons. The van der Waals surface area contributed by atoms with E-state index in [1.807, 2.05) is 27.8 Å². The van der Waals surface area contributed by atoms with Crippen molar-refractivity contribution in [1.82, 2.24) is 10.2 Å². The number of hydrogen-bond acceptors (Lipinski definition) is 3. The first-order valence-corrected chi connectivity index (χ1v) is 6.25. The predicted octanol–water partition coefficient (Wildman–Crippen LogP) is 2.33. The van der Waals surface area contributed by atoms with Gasteiger partial charge >= 0.3 is 6.09 Å². The molecule has 1 rings (SSSR count). The zero-order valence-electron chi connectivity index (χ0n) is 9.76. The molecule has 1 saturated heterocycles. The van der Waals surface area contributed by atoms with Crippen molar-refractivity contribution in [3.63, 3.8) is 0 Å². The van der Waals surface area contributed by atoms with Crippen molar-refractivity contribution in [2.24, 2.45) is 0 Å². The van der Waals surface area contributed by atoms with E-state index in [0.29, 0.717) is 0 Å². The Morgan fingerprint density at radius 3 is 2.60 bits per heavy atom. The van der Waals surface area contributed by atoms with Crippen LogP contribution >= 0.6 is 22.6 Å². The zero-order valence-corrected chi connectivity index (χ0v) is 11.9. The Hall–Kier alpha value is -0.0400. The summed E-state index contributed by atoms with van der Waals surface area (Å²) in [6.45, 7) is 6.42. The molecule has 1 heterocycles. The second kappa shape index (κ2) is 4.45. The van der Waals surface area contributed by atoms with Crippen molar-refractivity contribution < 1.29 is 9.53 Å². The summed E-state index contributed by atoms with van der Waals surface area (Å²) in [6, 6.07) is 0. The second-order valence-corrected chi connectivity index (χ2v) is 6.53. The standard InChI is InChI=1S/C10H19IN2O2/c1-9(2,3)15-8(14)13-7-5-6-10(13,11)12-4/h12H,5-7H2,1-4H3. The quantitative estimate of drug-likeness (QED) is 0.457. The highest BCUT2D eigenvalue weighted by atomic mass is 127. The van der Waals surface area contributed by atoms with Crippen LogP contribution < -0.4 is 5.32 Å². The van der Waals surface area contributed by atoms with Crippen molar-refractivity contribution in [1.29, 1.82) is 0 Å². The molecule has 1 fully saturated rings. The fraction of sp³-hybridized carbons (Fsp3) is 0.900. The molecule has 15 heavy (non-hydrogen) atoms. The van der Waals surface area contributed by atoms with Gasteiger partial charge in [-0.25, -0.2) is 4.79 Å². The van der Waals surface area contributed by atoms with Gasteiger partial charge in [0.2, 0.25) is 0 Å². The van der Waals surface area contributed by atoms with Crippen LogP contribution in [0, 0.1) is 0 Å². The Labute approximate surface area is 105 Å². The average Bonchev–Trinajstić information content (AvgIpc) is 2.45. The van der Waals surface area contributed by atoms with Gasteiger partial charge in [-0.3, -0.25) is 10.2 Å². The Morgan fingerprint density at radius 2 is 2.13 bits per heavy atom. The summed E-state index contributed by atoms with van der Waals surface area (Å²) < 4.78 is 5.08. The first-order chi connectivity index (χ1) is 6.78. The van der Waals surface area contributed by atoms with Crippen LogP contribution in [-0.4, -0.2) is 33.9 Å². The third-order valence-electron chi connectivity index (χ3n) is 2.31. The number of carbonyl (C=O) groups is 1. The van der Waals surface area contributed by atoms with Crippen molar-refractivity contribution >= 4 is 28.7 Å². The minimum atomic E-state index is -0.426. The molecule has 5 heteroatoms. The van der Waals surface area contributed by atoms with Gasteiger partial charge in [-0.15, -0.1) is 0 Å². The number of nitrogens with one attached hydrogen (secondary N) is 1. The molecule has 0 bridgehead atoms. The fourth-order valence-electron chi connectivity index (χ4n) is 1.60. The smallest absolute Gasteiger partial charge is 0.412 e. The summed E-state index contributed by atoms with van der Waals surface area (Å²) in [7, 11) is 1.87. The molecule has 1 aliphatic heterocycles. The van der Waals surface area contributed by atoms with E-state index in [2.05, 4.69) is 27.9 Å². The van der Waals surface area contributed by atoms with E-state index < -0.39 is 5.60 Å². The van der Waals surface area contributed by atoms with E-state index in [0.717, 1.165) is 19.4 Å². The lowest BCUT2D eigenvalue weighted by atomic mass is 10.2. The van der Waals surface area contributed by atoms with Gasteiger partial charge in [0, 0.05) is 6.54 Å². The molecule has 1 N–H and O–H groups in total. The summed E-state index contributed by atoms with van der Waals surface area (Å²) >= 11 is 2.27. The fourth-order valence-corrected chi connectivity index (χ4v) is 2.42. The molecule has 1 aliphatic rings. The molecule has 1 amide bonds. The highest BCUT2D eigenvalue weighted by Gasteiger charge is 2.42. The highest BCUT2D eigenvalue weighted by Crippen LogP contribution is 2.33. The summed E-state index contributed by atoms with van der Waals surface area (Å²) in [5.41, 5.74) is -0.426. The molecule has 0 spiro atoms. The molecule has 0 aromatic heterocycles. The van der Waals surface area contributed by atoms with E-state index >= 15 is 0 Å². The summed E-state index contributed by atoms with van der Waals surface area (Å²) in [6.07, 6.45) is 1.75. The van der Waals surface area contributed by atoms with Crippen LogP contribution in [-0.2, 0) is 4.74 Å². The normalized spacial score (nSPS) is 26.9. The molecule has 1 atom stereocenters. The van der Waals surface area contributed by atoms with E-state index in [-0.39, 0.29) is 9.76 Å². The van der Waals surface area contributed by atoms with Crippen molar-refractivity contribution in [2.45, 2.75) is 42.9 Å². The molecule has 0 aromatic rings. The van der Waals surface area contributed by atoms with Crippen molar-refractivity contribution in [2.75, 3.05) is 13.6 Å². The third-order valence-corrected chi connectivity index (χ3v) is 3.98. The molecule has 1 unspecified atom stereocenters. The lowest BCUT2D eigenvalue weighted by Gasteiger charge is -2.34. The van der Waals surface area contributed by atoms with Crippen molar-refractivity contribution in [3.8, 4) is 0 Å². The zero-order chi connectivity index (χ0) is 11.7. The van der Waals surface area contributed by atoms with Crippen LogP contribution in [0.15, 0.2) is 0 Å². The van der Waals surface area contributed by atoms with Gasteiger partial charge < -0.3 is 4.74 Å². The Balaban J connectivity index is 2.67. The maximum Gasteiger partial charge on any atom is 0.412 e. The van der Waals surface area contributed by atoms with Gasteiger partial charge in [-0.2, -0.15) is 0 Å². The number of alkyl halides is 1. The van der Waals surface area contributed by atoms with Crippen molar-refractivity contribution in [3.05, 3.63) is 0 Å². The van der Waals surface area contributed by atoms with Gasteiger partial charge in [0.05, 0.1) is 0 Å². The maximum absolute atomic E-state index is 11.9. The van der Waals surface area contributed by atoms with Crippen LogP contribution in [0.25, 0.3) is 0 Å². The number of hydrogen-bond donors (Lipinski definition) is 1. The van der Waals surface area contributed by atoms with Crippen LogP contribution in [0.3, 0.4) is 0 Å². The first-order valence-electron chi connectivity index (χ1n) is 5.17. The monoisotopic (exact) mass is 326 g/mol. The van der Waals surface area contributed by atoms with E-state index in [9.17, 15) is 4.79 Å². The summed E-state index contributed by atoms with van der Waals surface area (Å²) in [5.74, 6) is 0. The summed E-state index contributed by atoms with van der Waals surface area (Å²) in [5, 5.41) is 3.17. The Kier molecular flexibility index (Phi) is 3.86. The number of amides is 1. The lowest BCUT2D eigenvalue weighted by molar-refractivity contribution is 0.0189. The molecular formula is C10H19IN2O2. The van der Waals surface area contributed by atoms with Gasteiger partial charge in [0.1, 0.15) is 9.27 Å². The number of carbonyl (C=O) groups excluding carboxylic acids is 1. The SMILES string of the molecule is CNC1(I)CCCN1C(=O)OC(C)(C)C. The maximum atomic E-state index is 11.9.